The van der Waals surface area contributed by atoms with E-state index >= 15 is 0 Å². The summed E-state index contributed by atoms with van der Waals surface area (Å²) in [6, 6.07) is 7.02. The lowest BCUT2D eigenvalue weighted by atomic mass is 9.96. The van der Waals surface area contributed by atoms with Gasteiger partial charge in [0.1, 0.15) is 5.82 Å². The van der Waals surface area contributed by atoms with E-state index in [1.54, 1.807) is 12.1 Å². The number of aliphatic imine (C=N–C) groups is 1. The number of likely N-dealkylation sites (N-methyl/N-ethyl adjacent to an activating group) is 1. The van der Waals surface area contributed by atoms with Crippen molar-refractivity contribution in [3.63, 3.8) is 0 Å². The molecule has 1 aliphatic heterocycles. The van der Waals surface area contributed by atoms with Crippen molar-refractivity contribution in [2.45, 2.75) is 44.9 Å². The van der Waals surface area contributed by atoms with Gasteiger partial charge in [-0.25, -0.2) is 4.39 Å². The van der Waals surface area contributed by atoms with Gasteiger partial charge in [0, 0.05) is 44.7 Å². The van der Waals surface area contributed by atoms with E-state index in [2.05, 4.69) is 34.3 Å². The molecule has 1 saturated heterocycles. The zero-order chi connectivity index (χ0) is 20.5. The average Bonchev–Trinajstić information content (AvgIpc) is 3.53. The third kappa shape index (κ3) is 7.64. The number of rotatable bonds is 10. The van der Waals surface area contributed by atoms with Gasteiger partial charge in [-0.1, -0.05) is 19.1 Å². The standard InChI is InChI=1S/C23H38FN5.HI/c1-3-25-22(26-12-5-6-13-29-16-14-28(4-2)15-17-29)27-19-23(10-11-23)20-8-7-9-21(24)18-20;/h7-9,18H,3-6,10-17,19H2,1-2H3,(H2,25,26,27);1H. The van der Waals surface area contributed by atoms with Crippen LogP contribution in [0.15, 0.2) is 29.3 Å². The zero-order valence-electron chi connectivity index (χ0n) is 18.6. The average molecular weight is 532 g/mol. The quantitative estimate of drug-likeness (QED) is 0.210. The van der Waals surface area contributed by atoms with Crippen LogP contribution >= 0.6 is 24.0 Å². The van der Waals surface area contributed by atoms with Gasteiger partial charge in [0.15, 0.2) is 5.96 Å². The molecule has 0 amide bonds. The second-order valence-electron chi connectivity index (χ2n) is 8.40. The SMILES string of the molecule is CCNC(=NCC1(c2cccc(F)c2)CC1)NCCCCN1CCN(CC)CC1.I. The van der Waals surface area contributed by atoms with Crippen molar-refractivity contribution in [2.75, 3.05) is 58.9 Å². The molecule has 0 radical (unpaired) electrons. The summed E-state index contributed by atoms with van der Waals surface area (Å²) in [5.41, 5.74) is 1.12. The summed E-state index contributed by atoms with van der Waals surface area (Å²) in [6.07, 6.45) is 4.54. The van der Waals surface area contributed by atoms with Crippen LogP contribution in [0.1, 0.15) is 45.1 Å². The molecule has 2 fully saturated rings. The van der Waals surface area contributed by atoms with E-state index in [1.165, 1.54) is 51.8 Å². The molecule has 7 heteroatoms. The van der Waals surface area contributed by atoms with Crippen LogP contribution in [0.5, 0.6) is 0 Å². The highest BCUT2D eigenvalue weighted by Gasteiger charge is 2.44. The van der Waals surface area contributed by atoms with E-state index in [4.69, 9.17) is 4.99 Å². The van der Waals surface area contributed by atoms with Crippen molar-refractivity contribution < 1.29 is 4.39 Å². The van der Waals surface area contributed by atoms with Crippen LogP contribution in [0.2, 0.25) is 0 Å². The maximum absolute atomic E-state index is 13.6. The molecule has 1 aromatic carbocycles. The minimum atomic E-state index is -0.154. The van der Waals surface area contributed by atoms with E-state index < -0.39 is 0 Å². The van der Waals surface area contributed by atoms with Crippen LogP contribution in [0.4, 0.5) is 4.39 Å². The number of nitrogens with zero attached hydrogens (tertiary/aromatic N) is 3. The van der Waals surface area contributed by atoms with Crippen molar-refractivity contribution in [3.05, 3.63) is 35.6 Å². The molecule has 0 bridgehead atoms. The second-order valence-corrected chi connectivity index (χ2v) is 8.40. The first-order valence-corrected chi connectivity index (χ1v) is 11.4. The van der Waals surface area contributed by atoms with Crippen molar-refractivity contribution in [1.29, 1.82) is 0 Å². The summed E-state index contributed by atoms with van der Waals surface area (Å²) in [7, 11) is 0. The predicted molar refractivity (Wildman–Crippen MR) is 134 cm³/mol. The summed E-state index contributed by atoms with van der Waals surface area (Å²) in [5.74, 6) is 0.727. The Morgan fingerprint density at radius 1 is 1.07 bits per heavy atom. The molecule has 2 N–H and O–H groups in total. The summed E-state index contributed by atoms with van der Waals surface area (Å²) in [4.78, 5) is 9.92. The predicted octanol–water partition coefficient (Wildman–Crippen LogP) is 3.45. The molecule has 1 aliphatic carbocycles. The Kier molecular flexibility index (Phi) is 10.8. The van der Waals surface area contributed by atoms with Gasteiger partial charge in [-0.2, -0.15) is 0 Å². The molecule has 1 heterocycles. The first kappa shape index (κ1) is 25.3. The third-order valence-electron chi connectivity index (χ3n) is 6.28. The Morgan fingerprint density at radius 3 is 2.43 bits per heavy atom. The number of hydrogen-bond donors (Lipinski definition) is 2. The molecule has 3 rings (SSSR count). The van der Waals surface area contributed by atoms with Gasteiger partial charge < -0.3 is 20.4 Å². The Balaban J connectivity index is 0.00000320. The van der Waals surface area contributed by atoms with Gasteiger partial charge in [0.2, 0.25) is 0 Å². The highest BCUT2D eigenvalue weighted by Crippen LogP contribution is 2.48. The fourth-order valence-corrected chi connectivity index (χ4v) is 4.08. The van der Waals surface area contributed by atoms with Crippen LogP contribution in [-0.4, -0.2) is 74.7 Å². The second kappa shape index (κ2) is 12.8. The minimum Gasteiger partial charge on any atom is -0.357 e. The van der Waals surface area contributed by atoms with Crippen LogP contribution in [0.25, 0.3) is 0 Å². The minimum absolute atomic E-state index is 0. The molecular formula is C23H39FIN5. The molecule has 0 atom stereocenters. The Morgan fingerprint density at radius 2 is 1.80 bits per heavy atom. The van der Waals surface area contributed by atoms with E-state index in [1.807, 2.05) is 6.07 Å². The summed E-state index contributed by atoms with van der Waals surface area (Å²) >= 11 is 0. The molecule has 1 saturated carbocycles. The molecule has 0 aromatic heterocycles. The van der Waals surface area contributed by atoms with Gasteiger partial charge in [0.05, 0.1) is 6.54 Å². The van der Waals surface area contributed by atoms with E-state index in [0.717, 1.165) is 43.9 Å². The number of halogens is 2. The summed E-state index contributed by atoms with van der Waals surface area (Å²) in [6.45, 7) is 14.0. The van der Waals surface area contributed by atoms with Crippen LogP contribution in [0.3, 0.4) is 0 Å². The van der Waals surface area contributed by atoms with Crippen LogP contribution in [0, 0.1) is 5.82 Å². The normalized spacial score (nSPS) is 19.2. The lowest BCUT2D eigenvalue weighted by Gasteiger charge is -2.34. The topological polar surface area (TPSA) is 42.9 Å². The highest BCUT2D eigenvalue weighted by molar-refractivity contribution is 14.0. The Hall–Kier alpha value is -0.930. The van der Waals surface area contributed by atoms with Crippen molar-refractivity contribution in [1.82, 2.24) is 20.4 Å². The van der Waals surface area contributed by atoms with Crippen molar-refractivity contribution >= 4 is 29.9 Å². The van der Waals surface area contributed by atoms with Gasteiger partial charge in [-0.05, 0) is 63.4 Å². The number of benzene rings is 1. The molecule has 0 spiro atoms. The lowest BCUT2D eigenvalue weighted by Crippen LogP contribution is -2.46. The van der Waals surface area contributed by atoms with Gasteiger partial charge >= 0.3 is 0 Å². The molecule has 0 unspecified atom stereocenters. The first-order chi connectivity index (χ1) is 14.1. The molecule has 1 aromatic rings. The van der Waals surface area contributed by atoms with Crippen molar-refractivity contribution in [2.24, 2.45) is 4.99 Å². The van der Waals surface area contributed by atoms with Crippen LogP contribution < -0.4 is 10.6 Å². The fraction of sp³-hybridized carbons (Fsp3) is 0.696. The van der Waals surface area contributed by atoms with E-state index in [-0.39, 0.29) is 35.2 Å². The van der Waals surface area contributed by atoms with Gasteiger partial charge in [-0.3, -0.25) is 4.99 Å². The largest absolute Gasteiger partial charge is 0.357 e. The maximum Gasteiger partial charge on any atom is 0.191 e. The lowest BCUT2D eigenvalue weighted by molar-refractivity contribution is 0.136. The first-order valence-electron chi connectivity index (χ1n) is 11.4. The summed E-state index contributed by atoms with van der Waals surface area (Å²) < 4.78 is 13.6. The fourth-order valence-electron chi connectivity index (χ4n) is 4.08. The highest BCUT2D eigenvalue weighted by atomic mass is 127. The number of piperazine rings is 1. The Bertz CT molecular complexity index is 657. The smallest absolute Gasteiger partial charge is 0.191 e. The molecule has 5 nitrogen and oxygen atoms in total. The third-order valence-corrected chi connectivity index (χ3v) is 6.28. The molecule has 170 valence electrons. The molecule has 2 aliphatic rings. The zero-order valence-corrected chi connectivity index (χ0v) is 21.0. The van der Waals surface area contributed by atoms with E-state index in [9.17, 15) is 4.39 Å². The molecule has 30 heavy (non-hydrogen) atoms. The van der Waals surface area contributed by atoms with Crippen LogP contribution in [-0.2, 0) is 5.41 Å². The molecular weight excluding hydrogens is 492 g/mol. The number of hydrogen-bond acceptors (Lipinski definition) is 3. The van der Waals surface area contributed by atoms with Crippen molar-refractivity contribution in [3.8, 4) is 0 Å². The number of unbranched alkanes of at least 4 members (excludes halogenated alkanes) is 1. The number of guanidine groups is 1. The summed E-state index contributed by atoms with van der Waals surface area (Å²) in [5, 5.41) is 6.82. The van der Waals surface area contributed by atoms with E-state index in [0.29, 0.717) is 6.54 Å². The van der Waals surface area contributed by atoms with Gasteiger partial charge in [-0.15, -0.1) is 24.0 Å². The monoisotopic (exact) mass is 531 g/mol. The van der Waals surface area contributed by atoms with Gasteiger partial charge in [0.25, 0.3) is 0 Å². The number of nitrogens with one attached hydrogen (secondary N) is 2. The Labute approximate surface area is 198 Å². The maximum atomic E-state index is 13.6.